The van der Waals surface area contributed by atoms with Gasteiger partial charge in [0.1, 0.15) is 11.3 Å². The number of hydrogen-bond acceptors (Lipinski definition) is 6. The molecule has 2 aliphatic heterocycles. The van der Waals surface area contributed by atoms with Gasteiger partial charge in [0.2, 0.25) is 11.8 Å². The highest BCUT2D eigenvalue weighted by Crippen LogP contribution is 2.30. The van der Waals surface area contributed by atoms with Crippen LogP contribution >= 0.6 is 0 Å². The fourth-order valence-corrected chi connectivity index (χ4v) is 4.57. The van der Waals surface area contributed by atoms with Crippen LogP contribution in [0.1, 0.15) is 12.3 Å². The quantitative estimate of drug-likeness (QED) is 0.628. The summed E-state index contributed by atoms with van der Waals surface area (Å²) in [6.07, 6.45) is 0.241. The van der Waals surface area contributed by atoms with E-state index in [1.54, 1.807) is 18.9 Å². The van der Waals surface area contributed by atoms with Crippen molar-refractivity contribution in [2.24, 2.45) is 5.92 Å². The van der Waals surface area contributed by atoms with Crippen LogP contribution in [0.15, 0.2) is 46.9 Å². The van der Waals surface area contributed by atoms with Crippen molar-refractivity contribution in [2.45, 2.75) is 13.3 Å². The van der Waals surface area contributed by atoms with E-state index < -0.39 is 0 Å². The summed E-state index contributed by atoms with van der Waals surface area (Å²) in [6, 6.07) is 13.5. The van der Waals surface area contributed by atoms with Gasteiger partial charge in [0.25, 0.3) is 0 Å². The van der Waals surface area contributed by atoms with Gasteiger partial charge in [-0.25, -0.2) is 4.98 Å². The molecule has 2 fully saturated rings. The number of nitrogens with zero attached hydrogens (tertiary/aromatic N) is 4. The number of oxazole rings is 1. The van der Waals surface area contributed by atoms with Crippen LogP contribution in [0.2, 0.25) is 0 Å². The predicted molar refractivity (Wildman–Crippen MR) is 121 cm³/mol. The topological polar surface area (TPSA) is 79.1 Å². The maximum absolute atomic E-state index is 13.2. The van der Waals surface area contributed by atoms with E-state index in [2.05, 4.69) is 16.0 Å². The minimum absolute atomic E-state index is 0.0297. The van der Waals surface area contributed by atoms with Gasteiger partial charge in [-0.05, 0) is 30.3 Å². The molecule has 1 atom stereocenters. The monoisotopic (exact) mass is 434 g/mol. The first kappa shape index (κ1) is 20.4. The highest BCUT2D eigenvalue weighted by molar-refractivity contribution is 6.01. The number of rotatable bonds is 4. The molecular formula is C24H26N4O4. The molecular weight excluding hydrogens is 408 g/mol. The maximum Gasteiger partial charge on any atom is 0.228 e. The molecule has 1 aromatic heterocycles. The van der Waals surface area contributed by atoms with Gasteiger partial charge in [-0.15, -0.1) is 0 Å². The molecule has 8 heteroatoms. The lowest BCUT2D eigenvalue weighted by Gasteiger charge is -2.37. The Morgan fingerprint density at radius 3 is 2.69 bits per heavy atom. The molecule has 2 amide bonds. The average Bonchev–Trinajstić information content (AvgIpc) is 3.39. The maximum atomic E-state index is 13.2. The Labute approximate surface area is 186 Å². The summed E-state index contributed by atoms with van der Waals surface area (Å²) >= 11 is 0. The lowest BCUT2D eigenvalue weighted by molar-refractivity contribution is -0.136. The van der Waals surface area contributed by atoms with E-state index in [1.165, 1.54) is 0 Å². The fraction of sp³-hybridized carbons (Fsp3) is 0.375. The molecule has 166 valence electrons. The van der Waals surface area contributed by atoms with Crippen LogP contribution in [-0.4, -0.2) is 61.5 Å². The number of aromatic nitrogens is 1. The Bertz CT molecular complexity index is 1170. The van der Waals surface area contributed by atoms with Crippen LogP contribution in [0.5, 0.6) is 5.75 Å². The summed E-state index contributed by atoms with van der Waals surface area (Å²) in [6.45, 7) is 4.99. The molecule has 0 aliphatic carbocycles. The van der Waals surface area contributed by atoms with Crippen molar-refractivity contribution < 1.29 is 18.7 Å². The lowest BCUT2D eigenvalue weighted by Crippen LogP contribution is -2.50. The van der Waals surface area contributed by atoms with Crippen LogP contribution in [-0.2, 0) is 9.59 Å². The van der Waals surface area contributed by atoms with Gasteiger partial charge < -0.3 is 23.9 Å². The zero-order valence-corrected chi connectivity index (χ0v) is 18.3. The lowest BCUT2D eigenvalue weighted by atomic mass is 10.1. The first-order chi connectivity index (χ1) is 15.5. The van der Waals surface area contributed by atoms with E-state index in [0.717, 1.165) is 35.7 Å². The van der Waals surface area contributed by atoms with E-state index in [-0.39, 0.29) is 24.2 Å². The number of benzene rings is 2. The van der Waals surface area contributed by atoms with Crippen LogP contribution in [0.4, 0.5) is 11.4 Å². The van der Waals surface area contributed by atoms with Gasteiger partial charge in [0.05, 0.1) is 13.0 Å². The first-order valence-electron chi connectivity index (χ1n) is 10.9. The number of piperazine rings is 1. The van der Waals surface area contributed by atoms with Gasteiger partial charge in [0, 0.05) is 63.5 Å². The molecule has 0 N–H and O–H groups in total. The molecule has 32 heavy (non-hydrogen) atoms. The van der Waals surface area contributed by atoms with E-state index >= 15 is 0 Å². The second-order valence-corrected chi connectivity index (χ2v) is 8.30. The molecule has 3 aromatic rings. The molecule has 0 saturated carbocycles. The van der Waals surface area contributed by atoms with Crippen molar-refractivity contribution in [1.29, 1.82) is 0 Å². The van der Waals surface area contributed by atoms with E-state index in [9.17, 15) is 9.59 Å². The largest absolute Gasteiger partial charge is 0.497 e. The van der Waals surface area contributed by atoms with Gasteiger partial charge in [0.15, 0.2) is 11.5 Å². The smallest absolute Gasteiger partial charge is 0.228 e. The first-order valence-corrected chi connectivity index (χ1v) is 10.9. The number of ether oxygens (including phenoxy) is 1. The molecule has 0 bridgehead atoms. The van der Waals surface area contributed by atoms with Crippen LogP contribution in [0.3, 0.4) is 0 Å². The van der Waals surface area contributed by atoms with Crippen molar-refractivity contribution >= 4 is 34.3 Å². The molecule has 2 aliphatic rings. The Morgan fingerprint density at radius 1 is 1.09 bits per heavy atom. The highest BCUT2D eigenvalue weighted by Gasteiger charge is 2.38. The van der Waals surface area contributed by atoms with Crippen LogP contribution in [0.25, 0.3) is 11.1 Å². The Balaban J connectivity index is 1.23. The van der Waals surface area contributed by atoms with Crippen molar-refractivity contribution in [3.8, 4) is 5.75 Å². The third kappa shape index (κ3) is 3.77. The van der Waals surface area contributed by atoms with E-state index in [4.69, 9.17) is 9.15 Å². The summed E-state index contributed by atoms with van der Waals surface area (Å²) in [5.74, 6) is 1.12. The number of fused-ring (bicyclic) bond motifs is 1. The molecule has 3 heterocycles. The van der Waals surface area contributed by atoms with Gasteiger partial charge in [-0.3, -0.25) is 9.59 Å². The molecule has 0 unspecified atom stereocenters. The second kappa shape index (κ2) is 8.18. The Hall–Kier alpha value is -3.55. The number of carbonyl (C=O) groups excluding carboxylic acids is 2. The molecule has 8 nitrogen and oxygen atoms in total. The molecule has 2 saturated heterocycles. The summed E-state index contributed by atoms with van der Waals surface area (Å²) in [7, 11) is 1.66. The SMILES string of the molecule is COc1cccc(N2CCN(C(=O)[C@@H]3CC(=O)N(c4ccc5oc(C)nc5c4)C3)CC2)c1. The number of methoxy groups -OCH3 is 1. The van der Waals surface area contributed by atoms with Crippen molar-refractivity contribution in [3.63, 3.8) is 0 Å². The number of amides is 2. The van der Waals surface area contributed by atoms with Crippen molar-refractivity contribution in [1.82, 2.24) is 9.88 Å². The van der Waals surface area contributed by atoms with Crippen LogP contribution in [0, 0.1) is 12.8 Å². The van der Waals surface area contributed by atoms with Gasteiger partial charge in [-0.1, -0.05) is 6.07 Å². The Morgan fingerprint density at radius 2 is 1.91 bits per heavy atom. The fourth-order valence-electron chi connectivity index (χ4n) is 4.57. The molecule has 0 radical (unpaired) electrons. The average molecular weight is 434 g/mol. The van der Waals surface area contributed by atoms with Crippen molar-refractivity contribution in [2.75, 3.05) is 49.6 Å². The highest BCUT2D eigenvalue weighted by atomic mass is 16.5. The minimum Gasteiger partial charge on any atom is -0.497 e. The zero-order valence-electron chi connectivity index (χ0n) is 18.3. The summed E-state index contributed by atoms with van der Waals surface area (Å²) in [5.41, 5.74) is 3.27. The predicted octanol–water partition coefficient (Wildman–Crippen LogP) is 2.85. The molecule has 2 aromatic carbocycles. The van der Waals surface area contributed by atoms with E-state index in [0.29, 0.717) is 31.1 Å². The summed E-state index contributed by atoms with van der Waals surface area (Å²) < 4.78 is 10.8. The minimum atomic E-state index is -0.319. The molecule has 0 spiro atoms. The summed E-state index contributed by atoms with van der Waals surface area (Å²) in [5, 5.41) is 0. The number of anilines is 2. The number of aryl methyl sites for hydroxylation is 1. The van der Waals surface area contributed by atoms with Crippen LogP contribution < -0.4 is 14.5 Å². The van der Waals surface area contributed by atoms with E-state index in [1.807, 2.05) is 41.3 Å². The normalized spacial score (nSPS) is 19.1. The summed E-state index contributed by atoms with van der Waals surface area (Å²) in [4.78, 5) is 36.1. The number of hydrogen-bond donors (Lipinski definition) is 0. The molecule has 5 rings (SSSR count). The van der Waals surface area contributed by atoms with Gasteiger partial charge >= 0.3 is 0 Å². The Kier molecular flexibility index (Phi) is 5.20. The third-order valence-electron chi connectivity index (χ3n) is 6.27. The van der Waals surface area contributed by atoms with Gasteiger partial charge in [-0.2, -0.15) is 0 Å². The van der Waals surface area contributed by atoms with Crippen molar-refractivity contribution in [3.05, 3.63) is 48.4 Å². The third-order valence-corrected chi connectivity index (χ3v) is 6.27. The standard InChI is InChI=1S/C24H26N4O4/c1-16-25-21-14-19(6-7-22(21)32-16)28-15-17(12-23(28)29)24(30)27-10-8-26(9-11-27)18-4-3-5-20(13-18)31-2/h3-7,13-14,17H,8-12,15H2,1-2H3/t17-/m1/s1. The second-order valence-electron chi connectivity index (χ2n) is 8.30. The number of carbonyl (C=O) groups is 2. The zero-order chi connectivity index (χ0) is 22.2.